The van der Waals surface area contributed by atoms with Crippen LogP contribution in [0.3, 0.4) is 0 Å². The standard InChI is InChI=1S/C31H49N5O9S/c1-8-19-17-31(19,26(39)34-46(42,43)21-12-13-21)33-24(37)22-16-20(44-28(41)35-14-10-9-11-15-35)18-36(22)25(38)23(29(2,3)4)32-27(40)45-30(5,6)7/h8,19-23H,1,9-18H2,2-7H3,(H,32,40)(H,33,37)(H,34,39)/t19?,20-,22+,23-,31?/m1/s1. The van der Waals surface area contributed by atoms with Gasteiger partial charge >= 0.3 is 12.2 Å². The van der Waals surface area contributed by atoms with E-state index in [1.807, 2.05) is 0 Å². The highest BCUT2D eigenvalue weighted by atomic mass is 32.2. The van der Waals surface area contributed by atoms with Crippen LogP contribution in [-0.4, -0.2) is 102 Å². The molecule has 3 N–H and O–H groups in total. The molecular formula is C31H49N5O9S. The summed E-state index contributed by atoms with van der Waals surface area (Å²) < 4.78 is 38.4. The van der Waals surface area contributed by atoms with E-state index in [1.165, 1.54) is 11.0 Å². The van der Waals surface area contributed by atoms with Crippen LogP contribution < -0.4 is 15.4 Å². The molecule has 0 aromatic heterocycles. The molecular weight excluding hydrogens is 618 g/mol. The van der Waals surface area contributed by atoms with Gasteiger partial charge in [-0.2, -0.15) is 0 Å². The Labute approximate surface area is 271 Å². The van der Waals surface area contributed by atoms with Crippen LogP contribution in [0.4, 0.5) is 9.59 Å². The Bertz CT molecular complexity index is 1340. The summed E-state index contributed by atoms with van der Waals surface area (Å²) >= 11 is 0. The second-order valence-electron chi connectivity index (χ2n) is 14.9. The van der Waals surface area contributed by atoms with Gasteiger partial charge in [-0.15, -0.1) is 6.58 Å². The molecule has 0 spiro atoms. The fourth-order valence-corrected chi connectivity index (χ4v) is 7.29. The van der Waals surface area contributed by atoms with E-state index in [1.54, 1.807) is 46.4 Å². The quantitative estimate of drug-likeness (QED) is 0.311. The number of carbonyl (C=O) groups excluding carboxylic acids is 5. The molecule has 46 heavy (non-hydrogen) atoms. The van der Waals surface area contributed by atoms with Gasteiger partial charge in [-0.25, -0.2) is 18.0 Å². The number of hydrogen-bond donors (Lipinski definition) is 3. The molecule has 0 aromatic carbocycles. The summed E-state index contributed by atoms with van der Waals surface area (Å²) in [6.07, 6.45) is 2.99. The van der Waals surface area contributed by atoms with Crippen LogP contribution in [0.25, 0.3) is 0 Å². The van der Waals surface area contributed by atoms with Gasteiger partial charge in [0.15, 0.2) is 0 Å². The summed E-state index contributed by atoms with van der Waals surface area (Å²) in [6.45, 7) is 15.0. The highest BCUT2D eigenvalue weighted by Gasteiger charge is 2.62. The van der Waals surface area contributed by atoms with Gasteiger partial charge in [-0.3, -0.25) is 19.1 Å². The summed E-state index contributed by atoms with van der Waals surface area (Å²) in [7, 11) is -3.89. The molecule has 2 saturated carbocycles. The lowest BCUT2D eigenvalue weighted by Gasteiger charge is -2.36. The van der Waals surface area contributed by atoms with E-state index < -0.39 is 85.8 Å². The van der Waals surface area contributed by atoms with E-state index in [-0.39, 0.29) is 19.4 Å². The smallest absolute Gasteiger partial charge is 0.410 e. The molecule has 2 saturated heterocycles. The minimum atomic E-state index is -3.89. The van der Waals surface area contributed by atoms with Crippen molar-refractivity contribution in [2.75, 3.05) is 19.6 Å². The predicted molar refractivity (Wildman–Crippen MR) is 168 cm³/mol. The molecule has 0 radical (unpaired) electrons. The topological polar surface area (TPSA) is 181 Å². The van der Waals surface area contributed by atoms with Gasteiger partial charge in [0, 0.05) is 25.4 Å². The lowest BCUT2D eigenvalue weighted by Crippen LogP contribution is -2.60. The largest absolute Gasteiger partial charge is 0.444 e. The van der Waals surface area contributed by atoms with Crippen LogP contribution in [0, 0.1) is 11.3 Å². The average Bonchev–Trinajstić information content (AvgIpc) is 3.87. The first kappa shape index (κ1) is 35.5. The fraction of sp³-hybridized carbons (Fsp3) is 0.774. The average molecular weight is 668 g/mol. The van der Waals surface area contributed by atoms with E-state index >= 15 is 0 Å². The fourth-order valence-electron chi connectivity index (χ4n) is 5.93. The summed E-state index contributed by atoms with van der Waals surface area (Å²) in [6, 6.07) is -2.32. The van der Waals surface area contributed by atoms with Crippen molar-refractivity contribution < 1.29 is 41.9 Å². The minimum Gasteiger partial charge on any atom is -0.444 e. The third kappa shape index (κ3) is 8.31. The van der Waals surface area contributed by atoms with Crippen molar-refractivity contribution in [2.45, 2.75) is 121 Å². The Kier molecular flexibility index (Phi) is 10.1. The van der Waals surface area contributed by atoms with Gasteiger partial charge in [0.1, 0.15) is 29.3 Å². The number of alkyl carbamates (subject to hydrolysis) is 1. The Hall–Kier alpha value is -3.36. The molecule has 2 aliphatic carbocycles. The first-order chi connectivity index (χ1) is 21.3. The van der Waals surface area contributed by atoms with Crippen molar-refractivity contribution in [1.29, 1.82) is 0 Å². The molecule has 2 heterocycles. The number of likely N-dealkylation sites (tertiary alicyclic amines) is 2. The van der Waals surface area contributed by atoms with E-state index in [0.29, 0.717) is 25.9 Å². The van der Waals surface area contributed by atoms with Gasteiger partial charge in [-0.05, 0) is 64.7 Å². The van der Waals surface area contributed by atoms with Crippen LogP contribution in [0.2, 0.25) is 0 Å². The number of nitrogens with one attached hydrogen (secondary N) is 3. The number of piperidine rings is 1. The molecule has 5 amide bonds. The number of nitrogens with zero attached hydrogens (tertiary/aromatic N) is 2. The van der Waals surface area contributed by atoms with Gasteiger partial charge in [0.25, 0.3) is 5.91 Å². The molecule has 2 unspecified atom stereocenters. The maximum atomic E-state index is 14.2. The van der Waals surface area contributed by atoms with Gasteiger partial charge < -0.3 is 29.9 Å². The Morgan fingerprint density at radius 2 is 1.63 bits per heavy atom. The molecule has 4 fully saturated rings. The number of rotatable bonds is 9. The normalized spacial score (nSPS) is 27.2. The lowest BCUT2D eigenvalue weighted by molar-refractivity contribution is -0.143. The van der Waals surface area contributed by atoms with Crippen molar-refractivity contribution >= 4 is 39.9 Å². The van der Waals surface area contributed by atoms with Crippen LogP contribution in [0.15, 0.2) is 12.7 Å². The molecule has 0 bridgehead atoms. The predicted octanol–water partition coefficient (Wildman–Crippen LogP) is 2.19. The number of carbonyl (C=O) groups is 5. The molecule has 2 aliphatic heterocycles. The Morgan fingerprint density at radius 3 is 2.15 bits per heavy atom. The third-order valence-electron chi connectivity index (χ3n) is 8.75. The molecule has 4 aliphatic rings. The van der Waals surface area contributed by atoms with Crippen LogP contribution in [0.5, 0.6) is 0 Å². The van der Waals surface area contributed by atoms with Crippen molar-refractivity contribution in [1.82, 2.24) is 25.2 Å². The second kappa shape index (κ2) is 13.0. The van der Waals surface area contributed by atoms with Gasteiger partial charge in [0.2, 0.25) is 21.8 Å². The van der Waals surface area contributed by atoms with Gasteiger partial charge in [0.05, 0.1) is 11.8 Å². The summed E-state index contributed by atoms with van der Waals surface area (Å²) in [4.78, 5) is 70.1. The number of amides is 5. The summed E-state index contributed by atoms with van der Waals surface area (Å²) in [5.74, 6) is -2.69. The zero-order chi connectivity index (χ0) is 34.2. The van der Waals surface area contributed by atoms with Crippen LogP contribution in [0.1, 0.15) is 86.5 Å². The van der Waals surface area contributed by atoms with Gasteiger partial charge in [-0.1, -0.05) is 26.8 Å². The van der Waals surface area contributed by atoms with E-state index in [0.717, 1.165) is 19.3 Å². The minimum absolute atomic E-state index is 0.0583. The zero-order valence-electron chi connectivity index (χ0n) is 27.7. The second-order valence-corrected chi connectivity index (χ2v) is 16.9. The number of ether oxygens (including phenoxy) is 2. The molecule has 258 valence electrons. The van der Waals surface area contributed by atoms with Crippen molar-refractivity contribution in [2.24, 2.45) is 11.3 Å². The SMILES string of the molecule is C=CC1CC1(NC(=O)[C@@H]1C[C@@H](OC(=O)N2CCCCC2)CN1C(=O)[C@@H](NC(=O)OC(C)(C)C)C(C)(C)C)C(=O)NS(=O)(=O)C1CC1. The molecule has 4 rings (SSSR count). The highest BCUT2D eigenvalue weighted by Crippen LogP contribution is 2.45. The Balaban J connectivity index is 1.58. The molecule has 0 aromatic rings. The molecule has 5 atom stereocenters. The maximum absolute atomic E-state index is 14.2. The zero-order valence-corrected chi connectivity index (χ0v) is 28.5. The van der Waals surface area contributed by atoms with E-state index in [9.17, 15) is 32.4 Å². The first-order valence-corrected chi connectivity index (χ1v) is 17.6. The molecule has 14 nitrogen and oxygen atoms in total. The van der Waals surface area contributed by atoms with Crippen LogP contribution >= 0.6 is 0 Å². The number of sulfonamides is 1. The lowest BCUT2D eigenvalue weighted by atomic mass is 9.85. The summed E-state index contributed by atoms with van der Waals surface area (Å²) in [5, 5.41) is 4.73. The molecule has 15 heteroatoms. The van der Waals surface area contributed by atoms with E-state index in [4.69, 9.17) is 9.47 Å². The Morgan fingerprint density at radius 1 is 1.00 bits per heavy atom. The number of hydrogen-bond acceptors (Lipinski definition) is 9. The maximum Gasteiger partial charge on any atom is 0.410 e. The first-order valence-electron chi connectivity index (χ1n) is 16.0. The van der Waals surface area contributed by atoms with Crippen molar-refractivity contribution in [3.05, 3.63) is 12.7 Å². The summed E-state index contributed by atoms with van der Waals surface area (Å²) in [5.41, 5.74) is -3.20. The van der Waals surface area contributed by atoms with Crippen LogP contribution in [-0.2, 0) is 33.9 Å². The highest BCUT2D eigenvalue weighted by molar-refractivity contribution is 7.91. The monoisotopic (exact) mass is 667 g/mol. The van der Waals surface area contributed by atoms with Crippen molar-refractivity contribution in [3.8, 4) is 0 Å². The van der Waals surface area contributed by atoms with Crippen molar-refractivity contribution in [3.63, 3.8) is 0 Å². The van der Waals surface area contributed by atoms with E-state index in [2.05, 4.69) is 21.9 Å². The third-order valence-corrected chi connectivity index (χ3v) is 10.6.